The lowest BCUT2D eigenvalue weighted by Gasteiger charge is -2.24. The summed E-state index contributed by atoms with van der Waals surface area (Å²) in [4.78, 5) is 14.0. The quantitative estimate of drug-likeness (QED) is 0.656. The Hall–Kier alpha value is -2.29. The molecule has 23 heavy (non-hydrogen) atoms. The molecular formula is C20H25NO2. The van der Waals surface area contributed by atoms with Crippen LogP contribution in [0.3, 0.4) is 0 Å². The van der Waals surface area contributed by atoms with E-state index in [-0.39, 0.29) is 5.78 Å². The molecule has 0 N–H and O–H groups in total. The number of anilines is 1. The first-order chi connectivity index (χ1) is 11.0. The summed E-state index contributed by atoms with van der Waals surface area (Å²) in [6, 6.07) is 13.6. The molecule has 0 saturated carbocycles. The van der Waals surface area contributed by atoms with E-state index in [9.17, 15) is 4.79 Å². The second kappa shape index (κ2) is 7.82. The molecule has 0 aliphatic rings. The van der Waals surface area contributed by atoms with Crippen LogP contribution in [0.25, 0.3) is 0 Å². The number of ketones is 1. The molecule has 2 aromatic rings. The summed E-state index contributed by atoms with van der Waals surface area (Å²) < 4.78 is 6.12. The number of hydrogen-bond acceptors (Lipinski definition) is 3. The Morgan fingerprint density at radius 2 is 1.87 bits per heavy atom. The van der Waals surface area contributed by atoms with Gasteiger partial charge in [0.2, 0.25) is 0 Å². The minimum Gasteiger partial charge on any atom is -0.455 e. The molecule has 2 aromatic carbocycles. The molecule has 0 aliphatic heterocycles. The Balaban J connectivity index is 2.43. The number of Topliss-reactive ketones (excluding diaryl/α,β-unsaturated/α-hetero) is 1. The van der Waals surface area contributed by atoms with Crippen molar-refractivity contribution in [1.29, 1.82) is 0 Å². The molecule has 0 fully saturated rings. The lowest BCUT2D eigenvalue weighted by molar-refractivity contribution is 0.101. The Morgan fingerprint density at radius 3 is 2.48 bits per heavy atom. The van der Waals surface area contributed by atoms with E-state index in [1.165, 1.54) is 0 Å². The van der Waals surface area contributed by atoms with Crippen molar-refractivity contribution in [3.8, 4) is 11.5 Å². The second-order valence-corrected chi connectivity index (χ2v) is 5.89. The van der Waals surface area contributed by atoms with Gasteiger partial charge in [0.05, 0.1) is 5.69 Å². The zero-order valence-electron chi connectivity index (χ0n) is 14.4. The van der Waals surface area contributed by atoms with Gasteiger partial charge in [0.15, 0.2) is 11.5 Å². The van der Waals surface area contributed by atoms with Gasteiger partial charge in [-0.15, -0.1) is 0 Å². The smallest absolute Gasteiger partial charge is 0.159 e. The first-order valence-corrected chi connectivity index (χ1v) is 8.12. The monoisotopic (exact) mass is 311 g/mol. The van der Waals surface area contributed by atoms with E-state index < -0.39 is 0 Å². The van der Waals surface area contributed by atoms with Crippen molar-refractivity contribution in [2.24, 2.45) is 0 Å². The Kier molecular flexibility index (Phi) is 5.80. The molecule has 0 saturated heterocycles. The van der Waals surface area contributed by atoms with E-state index in [1.54, 1.807) is 6.92 Å². The van der Waals surface area contributed by atoms with E-state index in [0.717, 1.165) is 47.7 Å². The number of hydrogen-bond donors (Lipinski definition) is 0. The molecule has 0 radical (unpaired) electrons. The maximum atomic E-state index is 11.8. The summed E-state index contributed by atoms with van der Waals surface area (Å²) in [5.74, 6) is 1.70. The predicted molar refractivity (Wildman–Crippen MR) is 95.9 cm³/mol. The van der Waals surface area contributed by atoms with E-state index in [0.29, 0.717) is 0 Å². The number of ether oxygens (including phenoxy) is 1. The van der Waals surface area contributed by atoms with E-state index >= 15 is 0 Å². The summed E-state index contributed by atoms with van der Waals surface area (Å²) in [6.07, 6.45) is 2.23. The highest BCUT2D eigenvalue weighted by molar-refractivity contribution is 5.96. The van der Waals surface area contributed by atoms with Gasteiger partial charge in [0, 0.05) is 19.2 Å². The summed E-state index contributed by atoms with van der Waals surface area (Å²) in [7, 11) is 2.05. The topological polar surface area (TPSA) is 29.5 Å². The van der Waals surface area contributed by atoms with Gasteiger partial charge in [-0.2, -0.15) is 0 Å². The van der Waals surface area contributed by atoms with Crippen LogP contribution in [0.5, 0.6) is 11.5 Å². The van der Waals surface area contributed by atoms with Crippen molar-refractivity contribution in [3.63, 3.8) is 0 Å². The zero-order valence-corrected chi connectivity index (χ0v) is 14.4. The lowest BCUT2D eigenvalue weighted by Crippen LogP contribution is -2.19. The Labute approximate surface area is 138 Å². The molecule has 122 valence electrons. The number of carbonyl (C=O) groups excluding carboxylic acids is 1. The van der Waals surface area contributed by atoms with Crippen LogP contribution >= 0.6 is 0 Å². The third-order valence-electron chi connectivity index (χ3n) is 3.88. The maximum absolute atomic E-state index is 11.8. The summed E-state index contributed by atoms with van der Waals surface area (Å²) in [5.41, 5.74) is 2.66. The van der Waals surface area contributed by atoms with Crippen molar-refractivity contribution in [2.75, 3.05) is 18.5 Å². The normalized spacial score (nSPS) is 10.4. The van der Waals surface area contributed by atoms with Crippen molar-refractivity contribution in [1.82, 2.24) is 0 Å². The predicted octanol–water partition coefficient (Wildman–Crippen LogP) is 5.23. The number of carbonyl (C=O) groups is 1. The molecule has 0 spiro atoms. The third-order valence-corrected chi connectivity index (χ3v) is 3.88. The molecule has 0 aromatic heterocycles. The molecule has 3 heteroatoms. The minimum atomic E-state index is 0.0736. The van der Waals surface area contributed by atoms with Crippen molar-refractivity contribution in [2.45, 2.75) is 33.6 Å². The van der Waals surface area contributed by atoms with Crippen LogP contribution in [0.2, 0.25) is 0 Å². The van der Waals surface area contributed by atoms with Gasteiger partial charge in [-0.1, -0.05) is 31.5 Å². The molecule has 0 heterocycles. The molecule has 3 nitrogen and oxygen atoms in total. The van der Waals surface area contributed by atoms with Crippen LogP contribution in [-0.4, -0.2) is 19.4 Å². The van der Waals surface area contributed by atoms with Gasteiger partial charge >= 0.3 is 0 Å². The van der Waals surface area contributed by atoms with Crippen LogP contribution in [0.15, 0.2) is 42.5 Å². The molecule has 0 amide bonds. The molecule has 0 atom stereocenters. The molecular weight excluding hydrogens is 286 g/mol. The van der Waals surface area contributed by atoms with Gasteiger partial charge < -0.3 is 9.64 Å². The third kappa shape index (κ3) is 4.35. The highest BCUT2D eigenvalue weighted by Gasteiger charge is 2.16. The maximum Gasteiger partial charge on any atom is 0.159 e. The first kappa shape index (κ1) is 17.1. The average Bonchev–Trinajstić information content (AvgIpc) is 2.55. The van der Waals surface area contributed by atoms with E-state index in [1.807, 2.05) is 56.4 Å². The van der Waals surface area contributed by atoms with Crippen molar-refractivity contribution in [3.05, 3.63) is 53.6 Å². The highest BCUT2D eigenvalue weighted by Crippen LogP contribution is 2.36. The first-order valence-electron chi connectivity index (χ1n) is 8.12. The Morgan fingerprint density at radius 1 is 1.17 bits per heavy atom. The van der Waals surface area contributed by atoms with Crippen LogP contribution in [0.4, 0.5) is 5.69 Å². The fraction of sp³-hybridized carbons (Fsp3) is 0.350. The number of para-hydroxylation sites is 1. The number of benzene rings is 2. The van der Waals surface area contributed by atoms with Gasteiger partial charge in [0.1, 0.15) is 5.75 Å². The Bertz CT molecular complexity index is 665. The van der Waals surface area contributed by atoms with Crippen LogP contribution in [-0.2, 0) is 0 Å². The fourth-order valence-corrected chi connectivity index (χ4v) is 2.50. The molecule has 0 unspecified atom stereocenters. The second-order valence-electron chi connectivity index (χ2n) is 5.89. The SMILES string of the molecule is CCCCN(C)c1cc(C(C)=O)cc(C)c1Oc1ccccc1. The average molecular weight is 311 g/mol. The number of unbranched alkanes of at least 4 members (excludes halogenated alkanes) is 1. The van der Waals surface area contributed by atoms with E-state index in [2.05, 4.69) is 11.8 Å². The van der Waals surface area contributed by atoms with Gasteiger partial charge in [-0.05, 0) is 50.1 Å². The molecule has 2 rings (SSSR count). The number of nitrogens with zero attached hydrogens (tertiary/aromatic N) is 1. The summed E-state index contributed by atoms with van der Waals surface area (Å²) in [6.45, 7) is 6.69. The highest BCUT2D eigenvalue weighted by atomic mass is 16.5. The van der Waals surface area contributed by atoms with Gasteiger partial charge in [-0.25, -0.2) is 0 Å². The van der Waals surface area contributed by atoms with Crippen molar-refractivity contribution >= 4 is 11.5 Å². The number of aryl methyl sites for hydroxylation is 1. The summed E-state index contributed by atoms with van der Waals surface area (Å²) in [5, 5.41) is 0. The van der Waals surface area contributed by atoms with Crippen molar-refractivity contribution < 1.29 is 9.53 Å². The van der Waals surface area contributed by atoms with E-state index in [4.69, 9.17) is 4.74 Å². The fourth-order valence-electron chi connectivity index (χ4n) is 2.50. The lowest BCUT2D eigenvalue weighted by atomic mass is 10.0. The largest absolute Gasteiger partial charge is 0.455 e. The van der Waals surface area contributed by atoms with Gasteiger partial charge in [-0.3, -0.25) is 4.79 Å². The van der Waals surface area contributed by atoms with Gasteiger partial charge in [0.25, 0.3) is 0 Å². The standard InChI is InChI=1S/C20H25NO2/c1-5-6-12-21(4)19-14-17(16(3)22)13-15(2)20(19)23-18-10-8-7-9-11-18/h7-11,13-14H,5-6,12H2,1-4H3. The molecule has 0 bridgehead atoms. The number of rotatable bonds is 7. The zero-order chi connectivity index (χ0) is 16.8. The minimum absolute atomic E-state index is 0.0736. The summed E-state index contributed by atoms with van der Waals surface area (Å²) >= 11 is 0. The van der Waals surface area contributed by atoms with Crippen LogP contribution < -0.4 is 9.64 Å². The van der Waals surface area contributed by atoms with Crippen LogP contribution in [0, 0.1) is 6.92 Å². The van der Waals surface area contributed by atoms with Crippen LogP contribution in [0.1, 0.15) is 42.6 Å². The molecule has 0 aliphatic carbocycles.